The van der Waals surface area contributed by atoms with E-state index in [-0.39, 0.29) is 6.04 Å². The third kappa shape index (κ3) is 3.01. The summed E-state index contributed by atoms with van der Waals surface area (Å²) in [6, 6.07) is 2.31. The van der Waals surface area contributed by atoms with Crippen molar-refractivity contribution in [3.8, 4) is 0 Å². The SMILES string of the molecule is Cc1cc(C(CC2CCCC2)NN)c(C)nn1. The van der Waals surface area contributed by atoms with Gasteiger partial charge in [-0.05, 0) is 37.8 Å². The molecule has 3 N–H and O–H groups in total. The maximum atomic E-state index is 5.70. The Morgan fingerprint density at radius 2 is 2.06 bits per heavy atom. The van der Waals surface area contributed by atoms with Gasteiger partial charge in [-0.1, -0.05) is 25.7 Å². The molecule has 17 heavy (non-hydrogen) atoms. The van der Waals surface area contributed by atoms with Gasteiger partial charge in [0.15, 0.2) is 0 Å². The highest BCUT2D eigenvalue weighted by molar-refractivity contribution is 5.23. The lowest BCUT2D eigenvalue weighted by atomic mass is 9.93. The van der Waals surface area contributed by atoms with Crippen molar-refractivity contribution in [3.63, 3.8) is 0 Å². The smallest absolute Gasteiger partial charge is 0.0648 e. The van der Waals surface area contributed by atoms with E-state index >= 15 is 0 Å². The number of nitrogens with two attached hydrogens (primary N) is 1. The Balaban J connectivity index is 2.13. The number of hydrogen-bond donors (Lipinski definition) is 2. The summed E-state index contributed by atoms with van der Waals surface area (Å²) in [5.74, 6) is 6.51. The monoisotopic (exact) mass is 234 g/mol. The normalized spacial score (nSPS) is 18.5. The molecule has 1 unspecified atom stereocenters. The van der Waals surface area contributed by atoms with Crippen LogP contribution in [0.25, 0.3) is 0 Å². The van der Waals surface area contributed by atoms with E-state index in [0.717, 1.165) is 23.7 Å². The first kappa shape index (κ1) is 12.5. The molecule has 0 radical (unpaired) electrons. The Hall–Kier alpha value is -1.00. The maximum absolute atomic E-state index is 5.70. The molecule has 0 amide bonds. The van der Waals surface area contributed by atoms with E-state index in [9.17, 15) is 0 Å². The van der Waals surface area contributed by atoms with Gasteiger partial charge in [0.05, 0.1) is 11.4 Å². The van der Waals surface area contributed by atoms with Crippen LogP contribution in [0.5, 0.6) is 0 Å². The highest BCUT2D eigenvalue weighted by Crippen LogP contribution is 2.33. The fourth-order valence-corrected chi connectivity index (χ4v) is 2.79. The van der Waals surface area contributed by atoms with Crippen molar-refractivity contribution in [2.45, 2.75) is 52.0 Å². The first-order chi connectivity index (χ1) is 8.20. The van der Waals surface area contributed by atoms with Crippen molar-refractivity contribution in [1.82, 2.24) is 15.6 Å². The van der Waals surface area contributed by atoms with Gasteiger partial charge in [-0.3, -0.25) is 11.3 Å². The quantitative estimate of drug-likeness (QED) is 0.619. The summed E-state index contributed by atoms with van der Waals surface area (Å²) >= 11 is 0. The number of aryl methyl sites for hydroxylation is 2. The third-order valence-electron chi connectivity index (χ3n) is 3.76. The summed E-state index contributed by atoms with van der Waals surface area (Å²) in [6.07, 6.45) is 6.54. The molecule has 1 aromatic rings. The average molecular weight is 234 g/mol. The van der Waals surface area contributed by atoms with Crippen LogP contribution in [0.4, 0.5) is 0 Å². The van der Waals surface area contributed by atoms with E-state index in [0.29, 0.717) is 0 Å². The maximum Gasteiger partial charge on any atom is 0.0648 e. The molecule has 0 aliphatic heterocycles. The summed E-state index contributed by atoms with van der Waals surface area (Å²) in [7, 11) is 0. The van der Waals surface area contributed by atoms with Gasteiger partial charge >= 0.3 is 0 Å². The zero-order valence-electron chi connectivity index (χ0n) is 10.7. The van der Waals surface area contributed by atoms with Crippen LogP contribution in [0.15, 0.2) is 6.07 Å². The second kappa shape index (κ2) is 5.56. The molecule has 0 saturated heterocycles. The number of hydrogen-bond acceptors (Lipinski definition) is 4. The molecule has 1 fully saturated rings. The molecule has 0 spiro atoms. The van der Waals surface area contributed by atoms with E-state index in [1.54, 1.807) is 0 Å². The van der Waals surface area contributed by atoms with Gasteiger partial charge in [-0.2, -0.15) is 10.2 Å². The Bertz CT molecular complexity index is 372. The molecule has 1 aromatic heterocycles. The largest absolute Gasteiger partial charge is 0.271 e. The minimum atomic E-state index is 0.215. The van der Waals surface area contributed by atoms with Crippen LogP contribution in [0.2, 0.25) is 0 Å². The molecule has 1 atom stereocenters. The second-order valence-corrected chi connectivity index (χ2v) is 5.13. The molecule has 94 valence electrons. The average Bonchev–Trinajstić information content (AvgIpc) is 2.82. The standard InChI is InChI=1S/C13H22N4/c1-9-7-12(10(2)17-16-9)13(15-14)8-11-5-3-4-6-11/h7,11,13,15H,3-6,8,14H2,1-2H3. The lowest BCUT2D eigenvalue weighted by Gasteiger charge is -2.21. The fraction of sp³-hybridized carbons (Fsp3) is 0.692. The van der Waals surface area contributed by atoms with Gasteiger partial charge in [0.2, 0.25) is 0 Å². The Morgan fingerprint density at radius 1 is 1.35 bits per heavy atom. The van der Waals surface area contributed by atoms with Gasteiger partial charge in [-0.25, -0.2) is 0 Å². The zero-order valence-corrected chi connectivity index (χ0v) is 10.7. The lowest BCUT2D eigenvalue weighted by Crippen LogP contribution is -2.30. The molecular formula is C13H22N4. The van der Waals surface area contributed by atoms with Crippen molar-refractivity contribution >= 4 is 0 Å². The zero-order chi connectivity index (χ0) is 12.3. The number of nitrogens with one attached hydrogen (secondary N) is 1. The Labute approximate surface area is 103 Å². The third-order valence-corrected chi connectivity index (χ3v) is 3.76. The first-order valence-corrected chi connectivity index (χ1v) is 6.47. The molecule has 0 aromatic carbocycles. The predicted octanol–water partition coefficient (Wildman–Crippen LogP) is 2.18. The van der Waals surface area contributed by atoms with Crippen LogP contribution in [0, 0.1) is 19.8 Å². The van der Waals surface area contributed by atoms with Crippen molar-refractivity contribution < 1.29 is 0 Å². The molecule has 4 nitrogen and oxygen atoms in total. The van der Waals surface area contributed by atoms with Gasteiger partial charge in [-0.15, -0.1) is 0 Å². The highest BCUT2D eigenvalue weighted by Gasteiger charge is 2.22. The highest BCUT2D eigenvalue weighted by atomic mass is 15.2. The molecule has 1 aliphatic rings. The summed E-state index contributed by atoms with van der Waals surface area (Å²) < 4.78 is 0. The van der Waals surface area contributed by atoms with E-state index in [2.05, 4.69) is 21.7 Å². The molecule has 1 heterocycles. The van der Waals surface area contributed by atoms with Gasteiger partial charge < -0.3 is 0 Å². The van der Waals surface area contributed by atoms with Gasteiger partial charge in [0.1, 0.15) is 0 Å². The number of rotatable bonds is 4. The van der Waals surface area contributed by atoms with Crippen LogP contribution in [0.3, 0.4) is 0 Å². The van der Waals surface area contributed by atoms with Crippen molar-refractivity contribution in [2.75, 3.05) is 0 Å². The minimum Gasteiger partial charge on any atom is -0.271 e. The molecule has 4 heteroatoms. The fourth-order valence-electron chi connectivity index (χ4n) is 2.79. The van der Waals surface area contributed by atoms with Gasteiger partial charge in [0.25, 0.3) is 0 Å². The first-order valence-electron chi connectivity index (χ1n) is 6.47. The van der Waals surface area contributed by atoms with Crippen LogP contribution in [-0.2, 0) is 0 Å². The van der Waals surface area contributed by atoms with Crippen LogP contribution < -0.4 is 11.3 Å². The Kier molecular flexibility index (Phi) is 4.07. The van der Waals surface area contributed by atoms with E-state index in [1.807, 2.05) is 13.8 Å². The second-order valence-electron chi connectivity index (χ2n) is 5.13. The van der Waals surface area contributed by atoms with Crippen LogP contribution in [-0.4, -0.2) is 10.2 Å². The van der Waals surface area contributed by atoms with Crippen molar-refractivity contribution in [1.29, 1.82) is 0 Å². The molecule has 1 aliphatic carbocycles. The van der Waals surface area contributed by atoms with Gasteiger partial charge in [0, 0.05) is 6.04 Å². The summed E-state index contributed by atoms with van der Waals surface area (Å²) in [5.41, 5.74) is 6.09. The topological polar surface area (TPSA) is 63.8 Å². The van der Waals surface area contributed by atoms with Crippen molar-refractivity contribution in [2.24, 2.45) is 11.8 Å². The summed E-state index contributed by atoms with van der Waals surface area (Å²) in [4.78, 5) is 0. The van der Waals surface area contributed by atoms with Crippen molar-refractivity contribution in [3.05, 3.63) is 23.0 Å². The number of aromatic nitrogens is 2. The van der Waals surface area contributed by atoms with E-state index in [4.69, 9.17) is 5.84 Å². The lowest BCUT2D eigenvalue weighted by molar-refractivity contribution is 0.397. The van der Waals surface area contributed by atoms with E-state index < -0.39 is 0 Å². The summed E-state index contributed by atoms with van der Waals surface area (Å²) in [5, 5.41) is 8.25. The van der Waals surface area contributed by atoms with Crippen LogP contribution >= 0.6 is 0 Å². The van der Waals surface area contributed by atoms with Crippen LogP contribution in [0.1, 0.15) is 55.1 Å². The summed E-state index contributed by atoms with van der Waals surface area (Å²) in [6.45, 7) is 3.97. The predicted molar refractivity (Wildman–Crippen MR) is 68.1 cm³/mol. The number of hydrazine groups is 1. The van der Waals surface area contributed by atoms with E-state index in [1.165, 1.54) is 31.2 Å². The number of nitrogens with zero attached hydrogens (tertiary/aromatic N) is 2. The molecule has 1 saturated carbocycles. The molecular weight excluding hydrogens is 212 g/mol. The Morgan fingerprint density at radius 3 is 2.71 bits per heavy atom. The molecule has 2 rings (SSSR count). The molecule has 0 bridgehead atoms. The minimum absolute atomic E-state index is 0.215.